The predicted octanol–water partition coefficient (Wildman–Crippen LogP) is 5.46. The highest BCUT2D eigenvalue weighted by atomic mass is 32.2. The van der Waals surface area contributed by atoms with Crippen molar-refractivity contribution in [2.75, 3.05) is 25.8 Å². The molecule has 0 aliphatic carbocycles. The molecule has 1 N–H and O–H groups in total. The Bertz CT molecular complexity index is 1500. The van der Waals surface area contributed by atoms with Crippen molar-refractivity contribution in [3.63, 3.8) is 0 Å². The number of rotatable bonds is 8. The number of carbonyl (C=O) groups is 2. The number of ether oxygens (including phenoxy) is 4. The number of hydrogen-bond donors (Lipinski definition) is 1. The van der Waals surface area contributed by atoms with Gasteiger partial charge in [-0.25, -0.2) is 0 Å². The topological polar surface area (TPSA) is 86.3 Å². The molecule has 3 aromatic carbocycles. The molecule has 1 fully saturated rings. The van der Waals surface area contributed by atoms with E-state index in [-0.39, 0.29) is 25.2 Å². The molecule has 0 spiro atoms. The second-order valence-corrected chi connectivity index (χ2v) is 10.6. The number of fused-ring (bicyclic) bond motifs is 1. The minimum atomic E-state index is -0.277. The Kier molecular flexibility index (Phi) is 7.76. The van der Waals surface area contributed by atoms with Crippen molar-refractivity contribution < 1.29 is 28.5 Å². The third kappa shape index (κ3) is 5.86. The lowest BCUT2D eigenvalue weighted by molar-refractivity contribution is -0.122. The number of benzene rings is 3. The summed E-state index contributed by atoms with van der Waals surface area (Å²) < 4.78 is 22.5. The molecule has 8 nitrogen and oxygen atoms in total. The number of nitrogens with one attached hydrogen (secondary N) is 1. The van der Waals surface area contributed by atoms with E-state index in [4.69, 9.17) is 31.2 Å². The number of carbonyl (C=O) groups excluding carboxylic acids is 2. The fourth-order valence-corrected chi connectivity index (χ4v) is 5.37. The first-order valence-electron chi connectivity index (χ1n) is 12.1. The fraction of sp³-hybridized carbons (Fsp3) is 0.207. The van der Waals surface area contributed by atoms with Crippen molar-refractivity contribution in [3.05, 3.63) is 81.8 Å². The summed E-state index contributed by atoms with van der Waals surface area (Å²) in [6.07, 6.45) is 1.76. The van der Waals surface area contributed by atoms with Crippen LogP contribution in [0.1, 0.15) is 22.3 Å². The highest BCUT2D eigenvalue weighted by molar-refractivity contribution is 8.26. The summed E-state index contributed by atoms with van der Waals surface area (Å²) in [7, 11) is 1.52. The Morgan fingerprint density at radius 3 is 2.74 bits per heavy atom. The number of thiocarbonyl (C=S) groups is 1. The maximum absolute atomic E-state index is 13.1. The van der Waals surface area contributed by atoms with Gasteiger partial charge in [0.25, 0.3) is 11.8 Å². The highest BCUT2D eigenvalue weighted by Gasteiger charge is 2.32. The number of aryl methyl sites for hydroxylation is 1. The van der Waals surface area contributed by atoms with Gasteiger partial charge in [-0.2, -0.15) is 0 Å². The van der Waals surface area contributed by atoms with Crippen molar-refractivity contribution in [3.8, 4) is 23.0 Å². The molecule has 1 saturated heterocycles. The molecule has 0 atom stereocenters. The van der Waals surface area contributed by atoms with Gasteiger partial charge in [-0.3, -0.25) is 14.5 Å². The highest BCUT2D eigenvalue weighted by Crippen LogP contribution is 2.37. The Morgan fingerprint density at radius 1 is 1.10 bits per heavy atom. The van der Waals surface area contributed by atoms with Gasteiger partial charge in [0.2, 0.25) is 6.79 Å². The van der Waals surface area contributed by atoms with Gasteiger partial charge in [0.15, 0.2) is 29.6 Å². The predicted molar refractivity (Wildman–Crippen MR) is 154 cm³/mol. The Labute approximate surface area is 235 Å². The lowest BCUT2D eigenvalue weighted by Gasteiger charge is -2.14. The van der Waals surface area contributed by atoms with E-state index < -0.39 is 0 Å². The van der Waals surface area contributed by atoms with E-state index in [9.17, 15) is 9.59 Å². The third-order valence-electron chi connectivity index (χ3n) is 6.37. The lowest BCUT2D eigenvalue weighted by atomic mass is 10.1. The van der Waals surface area contributed by atoms with Gasteiger partial charge in [-0.05, 0) is 72.5 Å². The SMILES string of the molecule is COc1cc(/C=C2\SC(=S)N(Cc3ccc4c(c3)OCO4)C2=O)ccc1OCC(=O)Nc1cccc(C)c1C. The zero-order valence-corrected chi connectivity index (χ0v) is 23.2. The maximum Gasteiger partial charge on any atom is 0.266 e. The molecule has 2 heterocycles. The van der Waals surface area contributed by atoms with Crippen LogP contribution in [0, 0.1) is 13.8 Å². The number of anilines is 1. The first kappa shape index (κ1) is 26.6. The van der Waals surface area contributed by atoms with Crippen LogP contribution in [0.25, 0.3) is 6.08 Å². The molecule has 0 bridgehead atoms. The van der Waals surface area contributed by atoms with Gasteiger partial charge >= 0.3 is 0 Å². The van der Waals surface area contributed by atoms with Crippen LogP contribution in [0.15, 0.2) is 59.5 Å². The number of thioether (sulfide) groups is 1. The summed E-state index contributed by atoms with van der Waals surface area (Å²) in [6, 6.07) is 16.6. The number of methoxy groups -OCH3 is 1. The average molecular weight is 563 g/mol. The molecule has 10 heteroatoms. The van der Waals surface area contributed by atoms with Crippen LogP contribution in [0.3, 0.4) is 0 Å². The lowest BCUT2D eigenvalue weighted by Crippen LogP contribution is -2.27. The van der Waals surface area contributed by atoms with E-state index in [2.05, 4.69) is 5.32 Å². The second-order valence-electron chi connectivity index (χ2n) is 8.95. The summed E-state index contributed by atoms with van der Waals surface area (Å²) in [6.45, 7) is 4.29. The molecule has 200 valence electrons. The summed E-state index contributed by atoms with van der Waals surface area (Å²) >= 11 is 6.73. The van der Waals surface area contributed by atoms with Crippen LogP contribution in [0.5, 0.6) is 23.0 Å². The molecule has 0 saturated carbocycles. The molecule has 3 aromatic rings. The number of nitrogens with zero attached hydrogens (tertiary/aromatic N) is 1. The van der Waals surface area contributed by atoms with Crippen molar-refractivity contribution in [2.24, 2.45) is 0 Å². The van der Waals surface area contributed by atoms with Crippen molar-refractivity contribution in [2.45, 2.75) is 20.4 Å². The minimum absolute atomic E-state index is 0.176. The number of hydrogen-bond acceptors (Lipinski definition) is 8. The van der Waals surface area contributed by atoms with Gasteiger partial charge in [0, 0.05) is 5.69 Å². The first-order valence-corrected chi connectivity index (χ1v) is 13.4. The van der Waals surface area contributed by atoms with Crippen molar-refractivity contribution in [1.82, 2.24) is 4.90 Å². The Hall–Kier alpha value is -4.02. The van der Waals surface area contributed by atoms with Gasteiger partial charge in [-0.1, -0.05) is 48.2 Å². The first-order chi connectivity index (χ1) is 18.8. The van der Waals surface area contributed by atoms with Crippen LogP contribution < -0.4 is 24.3 Å². The Morgan fingerprint density at radius 2 is 1.92 bits per heavy atom. The molecule has 39 heavy (non-hydrogen) atoms. The molecule has 5 rings (SSSR count). The third-order valence-corrected chi connectivity index (χ3v) is 7.75. The number of amides is 2. The summed E-state index contributed by atoms with van der Waals surface area (Å²) in [5.41, 5.74) is 4.48. The van der Waals surface area contributed by atoms with E-state index in [1.807, 2.05) is 50.2 Å². The van der Waals surface area contributed by atoms with Crippen molar-refractivity contribution in [1.29, 1.82) is 0 Å². The molecule has 2 aliphatic rings. The van der Waals surface area contributed by atoms with E-state index in [0.717, 1.165) is 27.9 Å². The molecular formula is C29H26N2O6S2. The van der Waals surface area contributed by atoms with E-state index in [1.54, 1.807) is 29.2 Å². The van der Waals surface area contributed by atoms with Crippen LogP contribution >= 0.6 is 24.0 Å². The fourth-order valence-electron chi connectivity index (χ4n) is 4.12. The Balaban J connectivity index is 1.24. The second kappa shape index (κ2) is 11.4. The molecule has 0 radical (unpaired) electrons. The van der Waals surface area contributed by atoms with Crippen LogP contribution in [-0.2, 0) is 16.1 Å². The molecule has 2 aliphatic heterocycles. The minimum Gasteiger partial charge on any atom is -0.493 e. The van der Waals surface area contributed by atoms with E-state index in [0.29, 0.717) is 38.8 Å². The molecule has 0 unspecified atom stereocenters. The quantitative estimate of drug-likeness (QED) is 0.286. The van der Waals surface area contributed by atoms with Gasteiger partial charge in [-0.15, -0.1) is 0 Å². The summed E-state index contributed by atoms with van der Waals surface area (Å²) in [5.74, 6) is 1.75. The smallest absolute Gasteiger partial charge is 0.266 e. The zero-order chi connectivity index (χ0) is 27.5. The largest absolute Gasteiger partial charge is 0.493 e. The molecule has 2 amide bonds. The molecule has 0 aromatic heterocycles. The van der Waals surface area contributed by atoms with Crippen LogP contribution in [-0.4, -0.2) is 41.5 Å². The van der Waals surface area contributed by atoms with Crippen LogP contribution in [0.4, 0.5) is 5.69 Å². The molecular weight excluding hydrogens is 536 g/mol. The van der Waals surface area contributed by atoms with Gasteiger partial charge < -0.3 is 24.3 Å². The van der Waals surface area contributed by atoms with E-state index in [1.165, 1.54) is 18.9 Å². The summed E-state index contributed by atoms with van der Waals surface area (Å²) in [4.78, 5) is 27.7. The summed E-state index contributed by atoms with van der Waals surface area (Å²) in [5, 5.41) is 2.88. The average Bonchev–Trinajstić information content (AvgIpc) is 3.50. The normalized spacial score (nSPS) is 15.2. The van der Waals surface area contributed by atoms with Crippen LogP contribution in [0.2, 0.25) is 0 Å². The van der Waals surface area contributed by atoms with Gasteiger partial charge in [0.1, 0.15) is 4.32 Å². The standard InChI is InChI=1S/C29H26N2O6S2/c1-17-5-4-6-21(18(17)2)30-27(32)15-35-22-9-7-19(11-24(22)34-3)13-26-28(33)31(29(38)39-26)14-20-8-10-23-25(12-20)37-16-36-23/h4-13H,14-16H2,1-3H3,(H,30,32)/b26-13-. The zero-order valence-electron chi connectivity index (χ0n) is 21.6. The maximum atomic E-state index is 13.1. The van der Waals surface area contributed by atoms with Crippen molar-refractivity contribution >= 4 is 51.9 Å². The van der Waals surface area contributed by atoms with E-state index >= 15 is 0 Å². The monoisotopic (exact) mass is 562 g/mol. The van der Waals surface area contributed by atoms with Gasteiger partial charge in [0.05, 0.1) is 18.6 Å².